The first kappa shape index (κ1) is 12.7. The van der Waals surface area contributed by atoms with E-state index in [1.165, 1.54) is 0 Å². The largest absolute Gasteiger partial charge is 0.388 e. The molecule has 0 spiro atoms. The number of aliphatic hydroxyl groups is 1. The van der Waals surface area contributed by atoms with Crippen molar-refractivity contribution in [2.75, 3.05) is 6.54 Å². The maximum absolute atomic E-state index is 12.1. The van der Waals surface area contributed by atoms with Gasteiger partial charge in [0.2, 0.25) is 5.82 Å². The van der Waals surface area contributed by atoms with Crippen molar-refractivity contribution in [3.05, 3.63) is 29.8 Å². The van der Waals surface area contributed by atoms with Crippen molar-refractivity contribution in [2.45, 2.75) is 24.9 Å². The lowest BCUT2D eigenvalue weighted by Crippen LogP contribution is -2.47. The lowest BCUT2D eigenvalue weighted by atomic mass is 9.80. The molecule has 7 heteroatoms. The highest BCUT2D eigenvalue weighted by Crippen LogP contribution is 2.30. The molecule has 104 valence electrons. The van der Waals surface area contributed by atoms with Crippen LogP contribution in [0.5, 0.6) is 0 Å². The molecular weight excluding hydrogens is 258 g/mol. The summed E-state index contributed by atoms with van der Waals surface area (Å²) in [6.07, 6.45) is 2.51. The van der Waals surface area contributed by atoms with E-state index < -0.39 is 5.60 Å². The maximum Gasteiger partial charge on any atom is 0.251 e. The number of carbonyl (C=O) groups is 1. The number of hydrogen-bond acceptors (Lipinski definition) is 5. The van der Waals surface area contributed by atoms with Gasteiger partial charge in [-0.3, -0.25) is 4.79 Å². The molecule has 0 aliphatic heterocycles. The van der Waals surface area contributed by atoms with Gasteiger partial charge in [-0.15, -0.1) is 10.2 Å². The van der Waals surface area contributed by atoms with Crippen LogP contribution in [0.2, 0.25) is 0 Å². The molecule has 1 aliphatic rings. The molecule has 3 N–H and O–H groups in total. The normalized spacial score (nSPS) is 16.4. The molecule has 1 aromatic heterocycles. The monoisotopic (exact) mass is 273 g/mol. The molecule has 0 radical (unpaired) electrons. The number of benzene rings is 1. The molecule has 1 heterocycles. The van der Waals surface area contributed by atoms with E-state index in [9.17, 15) is 9.90 Å². The Balaban J connectivity index is 1.70. The third-order valence-electron chi connectivity index (χ3n) is 3.59. The molecule has 2 aromatic rings. The highest BCUT2D eigenvalue weighted by molar-refractivity contribution is 5.95. The van der Waals surface area contributed by atoms with E-state index >= 15 is 0 Å². The molecule has 7 nitrogen and oxygen atoms in total. The van der Waals surface area contributed by atoms with E-state index in [0.717, 1.165) is 19.3 Å². The molecule has 0 bridgehead atoms. The van der Waals surface area contributed by atoms with Crippen LogP contribution in [0.15, 0.2) is 24.3 Å². The number of hydrogen-bond donors (Lipinski definition) is 3. The molecule has 1 saturated carbocycles. The van der Waals surface area contributed by atoms with Crippen LogP contribution in [-0.4, -0.2) is 43.8 Å². The van der Waals surface area contributed by atoms with E-state index in [1.54, 1.807) is 24.3 Å². The van der Waals surface area contributed by atoms with Gasteiger partial charge >= 0.3 is 0 Å². The van der Waals surface area contributed by atoms with E-state index in [-0.39, 0.29) is 12.5 Å². The van der Waals surface area contributed by atoms with Gasteiger partial charge in [0.15, 0.2) is 0 Å². The molecular formula is C13H15N5O2. The first-order valence-corrected chi connectivity index (χ1v) is 6.51. The summed E-state index contributed by atoms with van der Waals surface area (Å²) < 4.78 is 0. The summed E-state index contributed by atoms with van der Waals surface area (Å²) in [5.74, 6) is 0.230. The van der Waals surface area contributed by atoms with Gasteiger partial charge in [-0.05, 0) is 36.6 Å². The predicted molar refractivity (Wildman–Crippen MR) is 70.7 cm³/mol. The molecule has 0 saturated heterocycles. The number of amides is 1. The summed E-state index contributed by atoms with van der Waals surface area (Å²) in [7, 11) is 0. The zero-order valence-electron chi connectivity index (χ0n) is 10.8. The average Bonchev–Trinajstić information content (AvgIpc) is 2.97. The number of nitrogens with zero attached hydrogens (tertiary/aromatic N) is 3. The van der Waals surface area contributed by atoms with Crippen molar-refractivity contribution in [2.24, 2.45) is 0 Å². The standard InChI is InChI=1S/C13H15N5O2/c19-12(14-8-13(20)5-2-6-13)10-4-1-3-9(7-10)11-15-17-18-16-11/h1,3-4,7,20H,2,5-6,8H2,(H,14,19)(H,15,16,17,18). The Kier molecular flexibility index (Phi) is 3.19. The van der Waals surface area contributed by atoms with E-state index in [4.69, 9.17) is 0 Å². The number of carbonyl (C=O) groups excluding carboxylic acids is 1. The van der Waals surface area contributed by atoms with E-state index in [2.05, 4.69) is 25.9 Å². The van der Waals surface area contributed by atoms with Crippen LogP contribution in [0, 0.1) is 0 Å². The van der Waals surface area contributed by atoms with Crippen LogP contribution in [-0.2, 0) is 0 Å². The molecule has 1 aliphatic carbocycles. The third kappa shape index (κ3) is 2.53. The van der Waals surface area contributed by atoms with Crippen LogP contribution >= 0.6 is 0 Å². The lowest BCUT2D eigenvalue weighted by molar-refractivity contribution is -0.0300. The molecule has 1 aromatic carbocycles. The van der Waals surface area contributed by atoms with Crippen molar-refractivity contribution in [3.63, 3.8) is 0 Å². The fourth-order valence-corrected chi connectivity index (χ4v) is 2.19. The zero-order chi connectivity index (χ0) is 14.0. The minimum Gasteiger partial charge on any atom is -0.388 e. The molecule has 1 fully saturated rings. The minimum atomic E-state index is -0.721. The number of rotatable bonds is 4. The summed E-state index contributed by atoms with van der Waals surface area (Å²) in [5.41, 5.74) is 0.505. The van der Waals surface area contributed by atoms with Gasteiger partial charge in [0, 0.05) is 17.7 Å². The maximum atomic E-state index is 12.1. The first-order chi connectivity index (χ1) is 9.66. The second kappa shape index (κ2) is 5.01. The van der Waals surface area contributed by atoms with Crippen molar-refractivity contribution in [1.29, 1.82) is 0 Å². The van der Waals surface area contributed by atoms with Crippen molar-refractivity contribution >= 4 is 5.91 Å². The third-order valence-corrected chi connectivity index (χ3v) is 3.59. The second-order valence-electron chi connectivity index (χ2n) is 5.08. The van der Waals surface area contributed by atoms with Gasteiger partial charge in [0.05, 0.1) is 5.60 Å². The number of H-pyrrole nitrogens is 1. The van der Waals surface area contributed by atoms with Crippen LogP contribution < -0.4 is 5.32 Å². The van der Waals surface area contributed by atoms with Gasteiger partial charge in [-0.2, -0.15) is 5.21 Å². The Morgan fingerprint density at radius 1 is 1.45 bits per heavy atom. The van der Waals surface area contributed by atoms with Crippen molar-refractivity contribution < 1.29 is 9.90 Å². The minimum absolute atomic E-state index is 0.212. The number of tetrazole rings is 1. The Labute approximate surface area is 115 Å². The van der Waals surface area contributed by atoms with Crippen molar-refractivity contribution in [3.8, 4) is 11.4 Å². The fourth-order valence-electron chi connectivity index (χ4n) is 2.19. The SMILES string of the molecule is O=C(NCC1(O)CCC1)c1cccc(-c2nn[nH]n2)c1. The number of aromatic amines is 1. The Morgan fingerprint density at radius 3 is 2.95 bits per heavy atom. The van der Waals surface area contributed by atoms with Crippen LogP contribution in [0.3, 0.4) is 0 Å². The molecule has 3 rings (SSSR count). The van der Waals surface area contributed by atoms with Crippen LogP contribution in [0.4, 0.5) is 0 Å². The number of nitrogens with one attached hydrogen (secondary N) is 2. The van der Waals surface area contributed by atoms with E-state index in [1.807, 2.05) is 0 Å². The Bertz CT molecular complexity index is 607. The van der Waals surface area contributed by atoms with Gasteiger partial charge in [0.1, 0.15) is 0 Å². The first-order valence-electron chi connectivity index (χ1n) is 6.51. The van der Waals surface area contributed by atoms with Crippen LogP contribution in [0.25, 0.3) is 11.4 Å². The van der Waals surface area contributed by atoms with Gasteiger partial charge < -0.3 is 10.4 Å². The lowest BCUT2D eigenvalue weighted by Gasteiger charge is -2.36. The number of aromatic nitrogens is 4. The highest BCUT2D eigenvalue weighted by Gasteiger charge is 2.34. The van der Waals surface area contributed by atoms with Gasteiger partial charge in [-0.25, -0.2) is 0 Å². The average molecular weight is 273 g/mol. The second-order valence-corrected chi connectivity index (χ2v) is 5.08. The summed E-state index contributed by atoms with van der Waals surface area (Å²) in [6.45, 7) is 0.290. The molecule has 1 amide bonds. The summed E-state index contributed by atoms with van der Waals surface area (Å²) in [6, 6.07) is 6.98. The quantitative estimate of drug-likeness (QED) is 0.753. The Morgan fingerprint density at radius 2 is 2.30 bits per heavy atom. The molecule has 20 heavy (non-hydrogen) atoms. The molecule has 0 unspecified atom stereocenters. The highest BCUT2D eigenvalue weighted by atomic mass is 16.3. The van der Waals surface area contributed by atoms with Gasteiger partial charge in [-0.1, -0.05) is 12.1 Å². The zero-order valence-corrected chi connectivity index (χ0v) is 10.8. The summed E-state index contributed by atoms with van der Waals surface area (Å²) in [5, 5.41) is 26.3. The van der Waals surface area contributed by atoms with Gasteiger partial charge in [0.25, 0.3) is 5.91 Å². The van der Waals surface area contributed by atoms with Crippen LogP contribution in [0.1, 0.15) is 29.6 Å². The summed E-state index contributed by atoms with van der Waals surface area (Å²) in [4.78, 5) is 12.1. The predicted octanol–water partition coefficient (Wildman–Crippen LogP) is 0.511. The fraction of sp³-hybridized carbons (Fsp3) is 0.385. The Hall–Kier alpha value is -2.28. The van der Waals surface area contributed by atoms with Crippen molar-refractivity contribution in [1.82, 2.24) is 25.9 Å². The topological polar surface area (TPSA) is 104 Å². The van der Waals surface area contributed by atoms with E-state index in [0.29, 0.717) is 17.0 Å². The summed E-state index contributed by atoms with van der Waals surface area (Å²) >= 11 is 0. The smallest absolute Gasteiger partial charge is 0.251 e. The molecule has 0 atom stereocenters.